The van der Waals surface area contributed by atoms with Gasteiger partial charge in [-0.25, -0.2) is 8.78 Å². The molecule has 1 aliphatic carbocycles. The first-order valence-electron chi connectivity index (χ1n) is 2.54. The van der Waals surface area contributed by atoms with E-state index in [0.717, 1.165) is 0 Å². The predicted molar refractivity (Wildman–Crippen MR) is 28.8 cm³/mol. The van der Waals surface area contributed by atoms with Crippen LogP contribution < -0.4 is 0 Å². The van der Waals surface area contributed by atoms with Gasteiger partial charge >= 0.3 is 0 Å². The van der Waals surface area contributed by atoms with Crippen LogP contribution in [0, 0.1) is 5.92 Å². The van der Waals surface area contributed by atoms with E-state index in [1.165, 1.54) is 0 Å². The van der Waals surface area contributed by atoms with E-state index < -0.39 is 17.6 Å². The lowest BCUT2D eigenvalue weighted by atomic mass is 10.3. The summed E-state index contributed by atoms with van der Waals surface area (Å²) in [5, 5.41) is 0. The van der Waals surface area contributed by atoms with Crippen molar-refractivity contribution in [1.29, 1.82) is 0 Å². The van der Waals surface area contributed by atoms with Crippen LogP contribution in [0.25, 0.3) is 0 Å². The Balaban J connectivity index is 2.42. The molecular weight excluding hydrogens is 150 g/mol. The van der Waals surface area contributed by atoms with Crippen molar-refractivity contribution in [2.45, 2.75) is 12.3 Å². The van der Waals surface area contributed by atoms with Crippen LogP contribution in [0.2, 0.25) is 0 Å². The summed E-state index contributed by atoms with van der Waals surface area (Å²) < 4.78 is 23.9. The Morgan fingerprint density at radius 1 is 1.78 bits per heavy atom. The maximum atomic E-state index is 12.0. The predicted octanol–water partition coefficient (Wildman–Crippen LogP) is 1.45. The Morgan fingerprint density at radius 2 is 2.22 bits per heavy atom. The minimum Gasteiger partial charge on any atom is -0.298 e. The van der Waals surface area contributed by atoms with Crippen LogP contribution in [-0.2, 0) is 4.79 Å². The highest BCUT2D eigenvalue weighted by Gasteiger charge is 2.60. The van der Waals surface area contributed by atoms with Gasteiger partial charge in [-0.3, -0.25) is 4.79 Å². The van der Waals surface area contributed by atoms with Crippen LogP contribution in [0.1, 0.15) is 6.42 Å². The zero-order valence-electron chi connectivity index (χ0n) is 4.53. The first-order chi connectivity index (χ1) is 4.08. The van der Waals surface area contributed by atoms with Crippen molar-refractivity contribution in [3.05, 3.63) is 0 Å². The molecule has 0 heterocycles. The van der Waals surface area contributed by atoms with E-state index in [2.05, 4.69) is 0 Å². The quantitative estimate of drug-likeness (QED) is 0.551. The molecule has 0 bridgehead atoms. The number of halogens is 3. The molecule has 0 aromatic rings. The Labute approximate surface area is 56.0 Å². The Morgan fingerprint density at radius 3 is 2.33 bits per heavy atom. The fraction of sp³-hybridized carbons (Fsp3) is 0.800. The standard InChI is InChI=1S/C5H5ClF2O/c6-2-4(9)3-1-5(3,7)8/h3H,1-2H2. The molecule has 0 aliphatic heterocycles. The number of rotatable bonds is 2. The molecule has 9 heavy (non-hydrogen) atoms. The highest BCUT2D eigenvalue weighted by Crippen LogP contribution is 2.49. The molecule has 1 atom stereocenters. The Bertz CT molecular complexity index is 146. The fourth-order valence-electron chi connectivity index (χ4n) is 0.656. The molecule has 1 aliphatic rings. The molecular formula is C5H5ClF2O. The topological polar surface area (TPSA) is 17.1 Å². The number of Topliss-reactive ketones (excluding diaryl/α,β-unsaturated/α-hetero) is 1. The molecule has 1 fully saturated rings. The van der Waals surface area contributed by atoms with Crippen molar-refractivity contribution in [2.75, 3.05) is 5.88 Å². The van der Waals surface area contributed by atoms with Crippen molar-refractivity contribution in [3.63, 3.8) is 0 Å². The molecule has 1 rings (SSSR count). The molecule has 0 saturated heterocycles. The average molecular weight is 155 g/mol. The van der Waals surface area contributed by atoms with Gasteiger partial charge in [0.15, 0.2) is 5.78 Å². The van der Waals surface area contributed by atoms with Gasteiger partial charge in [-0.2, -0.15) is 0 Å². The second-order valence-electron chi connectivity index (χ2n) is 2.12. The summed E-state index contributed by atoms with van der Waals surface area (Å²) in [6.07, 6.45) is -0.307. The van der Waals surface area contributed by atoms with Crippen molar-refractivity contribution >= 4 is 17.4 Å². The van der Waals surface area contributed by atoms with Crippen LogP contribution in [0.15, 0.2) is 0 Å². The third kappa shape index (κ3) is 1.21. The maximum absolute atomic E-state index is 12.0. The van der Waals surface area contributed by atoms with E-state index in [1.807, 2.05) is 0 Å². The van der Waals surface area contributed by atoms with E-state index >= 15 is 0 Å². The molecule has 4 heteroatoms. The fourth-order valence-corrected chi connectivity index (χ4v) is 0.842. The Kier molecular flexibility index (Phi) is 1.47. The van der Waals surface area contributed by atoms with Gasteiger partial charge in [0.05, 0.1) is 11.8 Å². The van der Waals surface area contributed by atoms with E-state index in [-0.39, 0.29) is 12.3 Å². The molecule has 0 aromatic carbocycles. The maximum Gasteiger partial charge on any atom is 0.258 e. The van der Waals surface area contributed by atoms with E-state index in [1.54, 1.807) is 0 Å². The molecule has 0 spiro atoms. The third-order valence-corrected chi connectivity index (χ3v) is 1.61. The lowest BCUT2D eigenvalue weighted by Crippen LogP contribution is -2.08. The zero-order valence-corrected chi connectivity index (χ0v) is 5.29. The van der Waals surface area contributed by atoms with Gasteiger partial charge in [0, 0.05) is 6.42 Å². The van der Waals surface area contributed by atoms with Crippen LogP contribution in [0.4, 0.5) is 8.78 Å². The number of hydrogen-bond acceptors (Lipinski definition) is 1. The SMILES string of the molecule is O=C(CCl)C1CC1(F)F. The second kappa shape index (κ2) is 1.90. The molecule has 52 valence electrons. The van der Waals surface area contributed by atoms with Gasteiger partial charge in [0.25, 0.3) is 5.92 Å². The zero-order chi connectivity index (χ0) is 7.07. The molecule has 1 saturated carbocycles. The minimum absolute atomic E-state index is 0.291. The van der Waals surface area contributed by atoms with Gasteiger partial charge in [0.2, 0.25) is 0 Å². The van der Waals surface area contributed by atoms with Gasteiger partial charge < -0.3 is 0 Å². The highest BCUT2D eigenvalue weighted by atomic mass is 35.5. The molecule has 0 aromatic heterocycles. The number of hydrogen-bond donors (Lipinski definition) is 0. The summed E-state index contributed by atoms with van der Waals surface area (Å²) in [6.45, 7) is 0. The molecule has 0 amide bonds. The summed E-state index contributed by atoms with van der Waals surface area (Å²) >= 11 is 5.03. The summed E-state index contributed by atoms with van der Waals surface area (Å²) in [4.78, 5) is 10.4. The monoisotopic (exact) mass is 154 g/mol. The van der Waals surface area contributed by atoms with Crippen molar-refractivity contribution in [1.82, 2.24) is 0 Å². The largest absolute Gasteiger partial charge is 0.298 e. The summed E-state index contributed by atoms with van der Waals surface area (Å²) in [5.74, 6) is -4.65. The molecule has 0 radical (unpaired) electrons. The lowest BCUT2D eigenvalue weighted by Gasteiger charge is -1.90. The first-order valence-corrected chi connectivity index (χ1v) is 3.08. The molecule has 0 N–H and O–H groups in total. The lowest BCUT2D eigenvalue weighted by molar-refractivity contribution is -0.119. The van der Waals surface area contributed by atoms with Crippen LogP contribution in [0.3, 0.4) is 0 Å². The Hall–Kier alpha value is -0.180. The summed E-state index contributed by atoms with van der Waals surface area (Å²) in [7, 11) is 0. The smallest absolute Gasteiger partial charge is 0.258 e. The normalized spacial score (nSPS) is 29.9. The van der Waals surface area contributed by atoms with Crippen molar-refractivity contribution in [3.8, 4) is 0 Å². The average Bonchev–Trinajstić information content (AvgIpc) is 2.38. The van der Waals surface area contributed by atoms with Gasteiger partial charge in [-0.15, -0.1) is 11.6 Å². The van der Waals surface area contributed by atoms with Crippen LogP contribution in [-0.4, -0.2) is 17.6 Å². The number of carbonyl (C=O) groups is 1. The van der Waals surface area contributed by atoms with Gasteiger partial charge in [-0.1, -0.05) is 0 Å². The van der Waals surface area contributed by atoms with Crippen molar-refractivity contribution < 1.29 is 13.6 Å². The first kappa shape index (κ1) is 6.93. The van der Waals surface area contributed by atoms with Crippen LogP contribution in [0.5, 0.6) is 0 Å². The molecule has 1 nitrogen and oxygen atoms in total. The minimum atomic E-state index is -2.74. The van der Waals surface area contributed by atoms with Gasteiger partial charge in [-0.05, 0) is 0 Å². The third-order valence-electron chi connectivity index (χ3n) is 1.35. The second-order valence-corrected chi connectivity index (χ2v) is 2.38. The van der Waals surface area contributed by atoms with E-state index in [0.29, 0.717) is 0 Å². The number of alkyl halides is 3. The van der Waals surface area contributed by atoms with E-state index in [9.17, 15) is 13.6 Å². The number of ketones is 1. The summed E-state index contributed by atoms with van der Waals surface area (Å²) in [5.41, 5.74) is 0. The highest BCUT2D eigenvalue weighted by molar-refractivity contribution is 6.28. The number of carbonyl (C=O) groups excluding carboxylic acids is 1. The summed E-state index contributed by atoms with van der Waals surface area (Å²) in [6, 6.07) is 0. The van der Waals surface area contributed by atoms with Gasteiger partial charge in [0.1, 0.15) is 0 Å². The van der Waals surface area contributed by atoms with Crippen LogP contribution >= 0.6 is 11.6 Å². The molecule has 1 unspecified atom stereocenters. The van der Waals surface area contributed by atoms with Crippen molar-refractivity contribution in [2.24, 2.45) is 5.92 Å². The van der Waals surface area contributed by atoms with E-state index in [4.69, 9.17) is 11.6 Å².